The minimum atomic E-state index is -0.656. The van der Waals surface area contributed by atoms with Crippen molar-refractivity contribution in [2.75, 3.05) is 5.32 Å². The molecule has 0 bridgehead atoms. The molecule has 2 aromatic carbocycles. The molecule has 1 amide bonds. The number of carbonyl (C=O) groups is 2. The maximum Gasteiger partial charge on any atom is 0.233 e. The van der Waals surface area contributed by atoms with E-state index in [2.05, 4.69) is 10.3 Å². The van der Waals surface area contributed by atoms with Crippen LogP contribution in [-0.4, -0.2) is 17.2 Å². The van der Waals surface area contributed by atoms with E-state index in [4.69, 9.17) is 0 Å². The number of nitrogens with zero attached hydrogens (tertiary/aromatic N) is 1. The Hall–Kier alpha value is -2.79. The van der Waals surface area contributed by atoms with Gasteiger partial charge >= 0.3 is 0 Å². The van der Waals surface area contributed by atoms with Crippen molar-refractivity contribution in [2.24, 2.45) is 5.41 Å². The highest BCUT2D eigenvalue weighted by atomic mass is 32.1. The molecule has 1 heterocycles. The van der Waals surface area contributed by atoms with Gasteiger partial charge in [-0.3, -0.25) is 9.59 Å². The van der Waals surface area contributed by atoms with Crippen LogP contribution in [0.5, 0.6) is 0 Å². The zero-order valence-electron chi connectivity index (χ0n) is 14.3. The summed E-state index contributed by atoms with van der Waals surface area (Å²) >= 11 is 1.41. The van der Waals surface area contributed by atoms with Crippen molar-refractivity contribution in [1.82, 2.24) is 4.98 Å². The highest BCUT2D eigenvalue weighted by Gasteiger charge is 2.48. The molecule has 1 aromatic heterocycles. The highest BCUT2D eigenvalue weighted by molar-refractivity contribution is 7.13. The van der Waals surface area contributed by atoms with Crippen LogP contribution in [0.4, 0.5) is 5.13 Å². The minimum absolute atomic E-state index is 0.0508. The zero-order valence-corrected chi connectivity index (χ0v) is 15.1. The first-order chi connectivity index (χ1) is 12.6. The molecule has 0 fully saturated rings. The number of rotatable bonds is 4. The van der Waals surface area contributed by atoms with Crippen LogP contribution in [0, 0.1) is 5.41 Å². The molecule has 2 atom stereocenters. The van der Waals surface area contributed by atoms with Gasteiger partial charge in [0, 0.05) is 23.1 Å². The van der Waals surface area contributed by atoms with Crippen molar-refractivity contribution in [3.05, 3.63) is 82.4 Å². The molecule has 0 saturated carbocycles. The Morgan fingerprint density at radius 3 is 2.77 bits per heavy atom. The van der Waals surface area contributed by atoms with E-state index in [9.17, 15) is 9.59 Å². The average molecular weight is 362 g/mol. The predicted octanol–water partition coefficient (Wildman–Crippen LogP) is 4.29. The summed E-state index contributed by atoms with van der Waals surface area (Å²) in [5.74, 6) is -0.163. The molecule has 0 aliphatic heterocycles. The first kappa shape index (κ1) is 16.7. The Morgan fingerprint density at radius 1 is 1.27 bits per heavy atom. The zero-order chi connectivity index (χ0) is 18.1. The van der Waals surface area contributed by atoms with Gasteiger partial charge in [-0.15, -0.1) is 11.3 Å². The van der Waals surface area contributed by atoms with Crippen LogP contribution >= 0.6 is 11.3 Å². The first-order valence-electron chi connectivity index (χ1n) is 8.46. The molecule has 1 aliphatic rings. The number of aldehydes is 1. The molecule has 4 nitrogen and oxygen atoms in total. The molecule has 4 rings (SSSR count). The number of amides is 1. The van der Waals surface area contributed by atoms with Gasteiger partial charge in [0.2, 0.25) is 5.91 Å². The summed E-state index contributed by atoms with van der Waals surface area (Å²) < 4.78 is 0. The topological polar surface area (TPSA) is 59.1 Å². The normalized spacial score (nSPS) is 21.2. The smallest absolute Gasteiger partial charge is 0.233 e. The van der Waals surface area contributed by atoms with Crippen LogP contribution < -0.4 is 5.32 Å². The molecule has 1 aliphatic carbocycles. The third-order valence-electron chi connectivity index (χ3n) is 5.12. The van der Waals surface area contributed by atoms with E-state index in [1.165, 1.54) is 11.3 Å². The number of anilines is 1. The lowest BCUT2D eigenvalue weighted by Gasteiger charge is -2.31. The second kappa shape index (κ2) is 6.50. The summed E-state index contributed by atoms with van der Waals surface area (Å²) in [6.45, 7) is 1.99. The number of hydrogen-bond acceptors (Lipinski definition) is 4. The van der Waals surface area contributed by atoms with Gasteiger partial charge in [0.25, 0.3) is 0 Å². The van der Waals surface area contributed by atoms with E-state index in [1.807, 2.05) is 60.8 Å². The van der Waals surface area contributed by atoms with Crippen molar-refractivity contribution in [3.63, 3.8) is 0 Å². The number of fused-ring (bicyclic) bond motifs is 1. The largest absolute Gasteiger partial charge is 0.301 e. The monoisotopic (exact) mass is 362 g/mol. The molecule has 1 N–H and O–H groups in total. The van der Waals surface area contributed by atoms with E-state index in [-0.39, 0.29) is 11.8 Å². The summed E-state index contributed by atoms with van der Waals surface area (Å²) in [7, 11) is 0. The lowest BCUT2D eigenvalue weighted by molar-refractivity contribution is -0.125. The van der Waals surface area contributed by atoms with Crippen LogP contribution in [0.25, 0.3) is 0 Å². The van der Waals surface area contributed by atoms with Crippen molar-refractivity contribution in [2.45, 2.75) is 19.3 Å². The van der Waals surface area contributed by atoms with Gasteiger partial charge in [0.05, 0.1) is 5.41 Å². The van der Waals surface area contributed by atoms with Crippen LogP contribution in [0.15, 0.2) is 60.1 Å². The second-order valence-corrected chi connectivity index (χ2v) is 7.70. The van der Waals surface area contributed by atoms with Crippen LogP contribution in [0.2, 0.25) is 0 Å². The lowest BCUT2D eigenvalue weighted by Crippen LogP contribution is -2.37. The molecule has 130 valence electrons. The summed E-state index contributed by atoms with van der Waals surface area (Å²) in [4.78, 5) is 28.7. The molecular weight excluding hydrogens is 344 g/mol. The SMILES string of the molecule is CC1(C(=O)Nc2nccs2)Cc2ccc(C=O)cc2C1c1ccccc1. The number of benzene rings is 2. The van der Waals surface area contributed by atoms with Gasteiger partial charge in [0.15, 0.2) is 5.13 Å². The maximum absolute atomic E-state index is 13.2. The van der Waals surface area contributed by atoms with Gasteiger partial charge in [0.1, 0.15) is 6.29 Å². The molecule has 0 saturated heterocycles. The Balaban J connectivity index is 1.80. The van der Waals surface area contributed by atoms with Crippen molar-refractivity contribution in [1.29, 1.82) is 0 Å². The number of carbonyl (C=O) groups excluding carboxylic acids is 2. The molecule has 2 unspecified atom stereocenters. The average Bonchev–Trinajstić information content (AvgIpc) is 3.27. The second-order valence-electron chi connectivity index (χ2n) is 6.81. The van der Waals surface area contributed by atoms with E-state index in [0.717, 1.165) is 23.0 Å². The number of aromatic nitrogens is 1. The fraction of sp³-hybridized carbons (Fsp3) is 0.190. The van der Waals surface area contributed by atoms with Crippen LogP contribution in [-0.2, 0) is 11.2 Å². The van der Waals surface area contributed by atoms with Crippen molar-refractivity contribution >= 4 is 28.7 Å². The van der Waals surface area contributed by atoms with Crippen LogP contribution in [0.1, 0.15) is 39.9 Å². The highest BCUT2D eigenvalue weighted by Crippen LogP contribution is 2.51. The predicted molar refractivity (Wildman–Crippen MR) is 103 cm³/mol. The summed E-state index contributed by atoms with van der Waals surface area (Å²) in [5.41, 5.74) is 3.22. The van der Waals surface area contributed by atoms with E-state index < -0.39 is 5.41 Å². The molecule has 5 heteroatoms. The Bertz CT molecular complexity index is 953. The Kier molecular flexibility index (Phi) is 4.17. The lowest BCUT2D eigenvalue weighted by atomic mass is 9.73. The van der Waals surface area contributed by atoms with Gasteiger partial charge in [-0.1, -0.05) is 42.5 Å². The van der Waals surface area contributed by atoms with E-state index in [1.54, 1.807) is 6.20 Å². The summed E-state index contributed by atoms with van der Waals surface area (Å²) in [5, 5.41) is 5.41. The van der Waals surface area contributed by atoms with Crippen molar-refractivity contribution < 1.29 is 9.59 Å². The standard InChI is InChI=1S/C21H18N2O2S/c1-21(19(25)23-20-22-9-10-26-20)12-16-8-7-14(13-24)11-17(16)18(21)15-5-3-2-4-6-15/h2-11,13,18H,12H2,1H3,(H,22,23,25). The van der Waals surface area contributed by atoms with Crippen LogP contribution in [0.3, 0.4) is 0 Å². The van der Waals surface area contributed by atoms with Gasteiger partial charge in [-0.05, 0) is 36.1 Å². The molecule has 0 radical (unpaired) electrons. The van der Waals surface area contributed by atoms with Gasteiger partial charge < -0.3 is 5.32 Å². The molecule has 26 heavy (non-hydrogen) atoms. The fourth-order valence-electron chi connectivity index (χ4n) is 3.89. The van der Waals surface area contributed by atoms with Gasteiger partial charge in [-0.2, -0.15) is 0 Å². The third-order valence-corrected chi connectivity index (χ3v) is 5.80. The molecule has 3 aromatic rings. The van der Waals surface area contributed by atoms with E-state index >= 15 is 0 Å². The maximum atomic E-state index is 13.2. The first-order valence-corrected chi connectivity index (χ1v) is 9.33. The summed E-state index contributed by atoms with van der Waals surface area (Å²) in [6.07, 6.45) is 3.16. The molecular formula is C21H18N2O2S. The quantitative estimate of drug-likeness (QED) is 0.705. The molecule has 0 spiro atoms. The Labute approximate surface area is 155 Å². The minimum Gasteiger partial charge on any atom is -0.301 e. The van der Waals surface area contributed by atoms with Crippen molar-refractivity contribution in [3.8, 4) is 0 Å². The summed E-state index contributed by atoms with van der Waals surface area (Å²) in [6, 6.07) is 15.7. The van der Waals surface area contributed by atoms with E-state index in [0.29, 0.717) is 17.1 Å². The third kappa shape index (κ3) is 2.74. The number of hydrogen-bond donors (Lipinski definition) is 1. The number of thiazole rings is 1. The fourth-order valence-corrected chi connectivity index (χ4v) is 4.41. The Morgan fingerprint density at radius 2 is 2.08 bits per heavy atom. The van der Waals surface area contributed by atoms with Gasteiger partial charge in [-0.25, -0.2) is 4.98 Å². The number of nitrogens with one attached hydrogen (secondary N) is 1.